The van der Waals surface area contributed by atoms with E-state index in [0.717, 1.165) is 10.6 Å². The topological polar surface area (TPSA) is 80.0 Å². The molecule has 0 aliphatic rings. The van der Waals surface area contributed by atoms with Gasteiger partial charge in [-0.1, -0.05) is 6.08 Å². The van der Waals surface area contributed by atoms with Crippen molar-refractivity contribution in [2.45, 2.75) is 13.0 Å². The Morgan fingerprint density at radius 3 is 2.90 bits per heavy atom. The third-order valence-corrected chi connectivity index (χ3v) is 4.02. The van der Waals surface area contributed by atoms with E-state index in [1.807, 2.05) is 19.1 Å². The van der Waals surface area contributed by atoms with E-state index in [4.69, 9.17) is 5.73 Å². The number of nitrogens with two attached hydrogens (primary N) is 1. The van der Waals surface area contributed by atoms with Crippen LogP contribution in [0.1, 0.15) is 28.2 Å². The zero-order chi connectivity index (χ0) is 15.2. The number of rotatable bonds is 6. The van der Waals surface area contributed by atoms with E-state index >= 15 is 0 Å². The van der Waals surface area contributed by atoms with Gasteiger partial charge in [0.05, 0.1) is 10.7 Å². The van der Waals surface area contributed by atoms with Crippen LogP contribution in [0.3, 0.4) is 0 Å². The van der Waals surface area contributed by atoms with Crippen LogP contribution < -0.4 is 16.4 Å². The number of pyridine rings is 1. The first-order chi connectivity index (χ1) is 10.1. The molecule has 2 rings (SSSR count). The molecule has 5 nitrogen and oxygen atoms in total. The number of amides is 1. The highest BCUT2D eigenvalue weighted by molar-refractivity contribution is 7.18. The van der Waals surface area contributed by atoms with Gasteiger partial charge in [0.15, 0.2) is 0 Å². The Kier molecular flexibility index (Phi) is 4.94. The summed E-state index contributed by atoms with van der Waals surface area (Å²) < 4.78 is 0. The van der Waals surface area contributed by atoms with Crippen molar-refractivity contribution in [3.63, 3.8) is 0 Å². The van der Waals surface area contributed by atoms with Crippen LogP contribution in [0.2, 0.25) is 0 Å². The Hall–Kier alpha value is -2.34. The number of nitrogen functional groups attached to an aromatic ring is 1. The fourth-order valence-electron chi connectivity index (χ4n) is 1.85. The number of hydrogen-bond acceptors (Lipinski definition) is 5. The fourth-order valence-corrected chi connectivity index (χ4v) is 2.83. The van der Waals surface area contributed by atoms with Gasteiger partial charge in [-0.3, -0.25) is 9.78 Å². The molecule has 0 aliphatic heterocycles. The number of nitrogens with zero attached hydrogens (tertiary/aromatic N) is 1. The maximum Gasteiger partial charge on any atom is 0.263 e. The van der Waals surface area contributed by atoms with E-state index in [2.05, 4.69) is 22.2 Å². The van der Waals surface area contributed by atoms with Crippen LogP contribution in [0.4, 0.5) is 10.7 Å². The second-order valence-electron chi connectivity index (χ2n) is 4.54. The first kappa shape index (κ1) is 15.1. The summed E-state index contributed by atoms with van der Waals surface area (Å²) in [5.41, 5.74) is 7.50. The molecule has 0 bridgehead atoms. The number of aromatic nitrogens is 1. The minimum atomic E-state index is -0.179. The summed E-state index contributed by atoms with van der Waals surface area (Å²) in [7, 11) is 0. The van der Waals surface area contributed by atoms with Gasteiger partial charge < -0.3 is 16.4 Å². The molecule has 0 aliphatic carbocycles. The van der Waals surface area contributed by atoms with Crippen LogP contribution in [-0.4, -0.2) is 17.4 Å². The van der Waals surface area contributed by atoms with Crippen molar-refractivity contribution < 1.29 is 4.79 Å². The monoisotopic (exact) mass is 302 g/mol. The summed E-state index contributed by atoms with van der Waals surface area (Å²) in [4.78, 5) is 16.4. The zero-order valence-electron chi connectivity index (χ0n) is 11.8. The van der Waals surface area contributed by atoms with E-state index < -0.39 is 0 Å². The SMILES string of the molecule is C=CCNC(=O)c1sc(NC(C)c2ccncc2)cc1N. The Morgan fingerprint density at radius 1 is 1.52 bits per heavy atom. The average Bonchev–Trinajstić information content (AvgIpc) is 2.86. The van der Waals surface area contributed by atoms with Crippen LogP contribution in [-0.2, 0) is 0 Å². The molecular formula is C15H18N4OS. The van der Waals surface area contributed by atoms with Crippen LogP contribution >= 0.6 is 11.3 Å². The van der Waals surface area contributed by atoms with Crippen LogP contribution in [0.15, 0.2) is 43.2 Å². The molecule has 0 aromatic carbocycles. The summed E-state index contributed by atoms with van der Waals surface area (Å²) in [6, 6.07) is 5.79. The predicted molar refractivity (Wildman–Crippen MR) is 87.5 cm³/mol. The Balaban J connectivity index is 2.08. The van der Waals surface area contributed by atoms with Gasteiger partial charge in [0.1, 0.15) is 4.88 Å². The highest BCUT2D eigenvalue weighted by Crippen LogP contribution is 2.31. The van der Waals surface area contributed by atoms with Crippen molar-refractivity contribution >= 4 is 27.9 Å². The van der Waals surface area contributed by atoms with Gasteiger partial charge >= 0.3 is 0 Å². The van der Waals surface area contributed by atoms with E-state index in [9.17, 15) is 4.79 Å². The van der Waals surface area contributed by atoms with E-state index in [0.29, 0.717) is 17.1 Å². The molecule has 6 heteroatoms. The van der Waals surface area contributed by atoms with Gasteiger partial charge in [0.25, 0.3) is 5.91 Å². The summed E-state index contributed by atoms with van der Waals surface area (Å²) in [5.74, 6) is -0.179. The van der Waals surface area contributed by atoms with Gasteiger partial charge in [-0.25, -0.2) is 0 Å². The number of carbonyl (C=O) groups is 1. The first-order valence-corrected chi connectivity index (χ1v) is 7.38. The van der Waals surface area contributed by atoms with E-state index in [-0.39, 0.29) is 11.9 Å². The molecule has 0 fully saturated rings. The Labute approximate surface area is 127 Å². The lowest BCUT2D eigenvalue weighted by molar-refractivity contribution is 0.0963. The molecule has 1 unspecified atom stereocenters. The van der Waals surface area contributed by atoms with Crippen molar-refractivity contribution in [3.8, 4) is 0 Å². The minimum absolute atomic E-state index is 0.107. The molecule has 0 spiro atoms. The lowest BCUT2D eigenvalue weighted by Crippen LogP contribution is -2.22. The summed E-state index contributed by atoms with van der Waals surface area (Å²) >= 11 is 1.34. The fraction of sp³-hybridized carbons (Fsp3) is 0.200. The van der Waals surface area contributed by atoms with Crippen molar-refractivity contribution in [2.24, 2.45) is 0 Å². The minimum Gasteiger partial charge on any atom is -0.397 e. The quantitative estimate of drug-likeness (QED) is 0.717. The van der Waals surface area contributed by atoms with E-state index in [1.54, 1.807) is 24.5 Å². The third kappa shape index (κ3) is 3.82. The van der Waals surface area contributed by atoms with Crippen molar-refractivity contribution in [1.29, 1.82) is 0 Å². The average molecular weight is 302 g/mol. The molecule has 0 saturated heterocycles. The first-order valence-electron chi connectivity index (χ1n) is 6.56. The highest BCUT2D eigenvalue weighted by Gasteiger charge is 2.15. The summed E-state index contributed by atoms with van der Waals surface area (Å²) in [6.45, 7) is 6.03. The zero-order valence-corrected chi connectivity index (χ0v) is 12.6. The van der Waals surface area contributed by atoms with Gasteiger partial charge in [0, 0.05) is 25.0 Å². The smallest absolute Gasteiger partial charge is 0.263 e. The molecule has 0 saturated carbocycles. The van der Waals surface area contributed by atoms with Crippen LogP contribution in [0.5, 0.6) is 0 Å². The molecule has 21 heavy (non-hydrogen) atoms. The molecule has 2 aromatic rings. The second-order valence-corrected chi connectivity index (χ2v) is 5.59. The van der Waals surface area contributed by atoms with Crippen LogP contribution in [0, 0.1) is 0 Å². The second kappa shape index (κ2) is 6.90. The largest absolute Gasteiger partial charge is 0.397 e. The predicted octanol–water partition coefficient (Wildman–Crippen LogP) is 2.81. The van der Waals surface area contributed by atoms with Gasteiger partial charge in [-0.2, -0.15) is 0 Å². The van der Waals surface area contributed by atoms with Gasteiger partial charge in [-0.15, -0.1) is 17.9 Å². The molecule has 1 atom stereocenters. The summed E-state index contributed by atoms with van der Waals surface area (Å²) in [6.07, 6.45) is 5.14. The highest BCUT2D eigenvalue weighted by atomic mass is 32.1. The maximum absolute atomic E-state index is 11.9. The molecule has 2 heterocycles. The van der Waals surface area contributed by atoms with Crippen molar-refractivity contribution in [2.75, 3.05) is 17.6 Å². The molecule has 0 radical (unpaired) electrons. The molecule has 1 amide bonds. The third-order valence-electron chi connectivity index (χ3n) is 2.94. The number of anilines is 2. The van der Waals surface area contributed by atoms with Crippen molar-refractivity contribution in [3.05, 3.63) is 53.7 Å². The van der Waals surface area contributed by atoms with Crippen molar-refractivity contribution in [1.82, 2.24) is 10.3 Å². The van der Waals surface area contributed by atoms with Crippen LogP contribution in [0.25, 0.3) is 0 Å². The lowest BCUT2D eigenvalue weighted by Gasteiger charge is -2.13. The maximum atomic E-state index is 11.9. The van der Waals surface area contributed by atoms with Gasteiger partial charge in [0.2, 0.25) is 0 Å². The number of hydrogen-bond donors (Lipinski definition) is 3. The Morgan fingerprint density at radius 2 is 2.24 bits per heavy atom. The number of thiophene rings is 1. The Bertz CT molecular complexity index is 624. The molecule has 2 aromatic heterocycles. The standard InChI is InChI=1S/C15H18N4OS/c1-3-6-18-15(20)14-12(16)9-13(21-14)19-10(2)11-4-7-17-8-5-11/h3-5,7-10,19H,1,6,16H2,2H3,(H,18,20). The summed E-state index contributed by atoms with van der Waals surface area (Å²) in [5, 5.41) is 6.93. The molecular weight excluding hydrogens is 284 g/mol. The normalized spacial score (nSPS) is 11.7. The van der Waals surface area contributed by atoms with Gasteiger partial charge in [-0.05, 0) is 30.7 Å². The molecule has 110 valence electrons. The number of carbonyl (C=O) groups excluding carboxylic acids is 1. The number of nitrogens with one attached hydrogen (secondary N) is 2. The molecule has 4 N–H and O–H groups in total. The van der Waals surface area contributed by atoms with E-state index in [1.165, 1.54) is 11.3 Å². The lowest BCUT2D eigenvalue weighted by atomic mass is 10.1.